The van der Waals surface area contributed by atoms with Crippen molar-refractivity contribution in [1.82, 2.24) is 19.7 Å². The summed E-state index contributed by atoms with van der Waals surface area (Å²) in [6, 6.07) is 9.49. The van der Waals surface area contributed by atoms with Crippen LogP contribution >= 0.6 is 0 Å². The van der Waals surface area contributed by atoms with Crippen LogP contribution in [-0.4, -0.2) is 61.5 Å². The molecule has 32 heavy (non-hydrogen) atoms. The van der Waals surface area contributed by atoms with Crippen molar-refractivity contribution < 1.29 is 19.4 Å². The second kappa shape index (κ2) is 9.13. The molecule has 2 atom stereocenters. The van der Waals surface area contributed by atoms with Crippen molar-refractivity contribution in [2.24, 2.45) is 5.92 Å². The quantitative estimate of drug-likeness (QED) is 0.568. The highest BCUT2D eigenvalue weighted by Crippen LogP contribution is 2.26. The number of ketones is 1. The lowest BCUT2D eigenvalue weighted by Crippen LogP contribution is -2.45. The van der Waals surface area contributed by atoms with E-state index >= 15 is 0 Å². The Morgan fingerprint density at radius 2 is 2.09 bits per heavy atom. The van der Waals surface area contributed by atoms with Crippen LogP contribution in [0.2, 0.25) is 0 Å². The van der Waals surface area contributed by atoms with E-state index < -0.39 is 11.9 Å². The molecule has 0 saturated carbocycles. The van der Waals surface area contributed by atoms with Gasteiger partial charge in [0.25, 0.3) is 0 Å². The molecule has 8 nitrogen and oxygen atoms in total. The molecule has 2 unspecified atom stereocenters. The molecule has 0 radical (unpaired) electrons. The summed E-state index contributed by atoms with van der Waals surface area (Å²) in [6.07, 6.45) is 0.865. The zero-order valence-corrected chi connectivity index (χ0v) is 18.1. The predicted molar refractivity (Wildman–Crippen MR) is 117 cm³/mol. The summed E-state index contributed by atoms with van der Waals surface area (Å²) in [6.45, 7) is 4.38. The number of rotatable bonds is 6. The maximum absolute atomic E-state index is 14.6. The molecule has 1 aliphatic heterocycles. The number of carbonyl (C=O) groups is 1. The lowest BCUT2D eigenvalue weighted by atomic mass is 9.95. The molecule has 9 heteroatoms. The molecule has 2 N–H and O–H groups in total. The molecule has 4 rings (SSSR count). The van der Waals surface area contributed by atoms with Crippen molar-refractivity contribution in [2.75, 3.05) is 24.6 Å². The summed E-state index contributed by atoms with van der Waals surface area (Å²) in [5.41, 5.74) is 2.91. The van der Waals surface area contributed by atoms with E-state index in [0.29, 0.717) is 30.9 Å². The third-order valence-corrected chi connectivity index (χ3v) is 5.90. The number of carbonyl (C=O) groups excluding carboxylic acids is 1. The normalized spacial score (nSPS) is 18.7. The first kappa shape index (κ1) is 22.0. The Morgan fingerprint density at radius 1 is 1.31 bits per heavy atom. The van der Waals surface area contributed by atoms with Gasteiger partial charge in [-0.05, 0) is 30.5 Å². The Kier molecular flexibility index (Phi) is 6.29. The number of anilines is 1. The van der Waals surface area contributed by atoms with Crippen LogP contribution in [0.25, 0.3) is 11.5 Å². The molecule has 1 aromatic carbocycles. The van der Waals surface area contributed by atoms with Crippen LogP contribution in [0.15, 0.2) is 36.5 Å². The number of aliphatic hydroxyl groups is 2. The highest BCUT2D eigenvalue weighted by molar-refractivity contribution is 5.93. The molecule has 3 heterocycles. The smallest absolute Gasteiger partial charge is 0.183 e. The van der Waals surface area contributed by atoms with Crippen LogP contribution in [0.5, 0.6) is 0 Å². The van der Waals surface area contributed by atoms with E-state index in [4.69, 9.17) is 0 Å². The van der Waals surface area contributed by atoms with Crippen LogP contribution in [0.3, 0.4) is 0 Å². The van der Waals surface area contributed by atoms with Crippen molar-refractivity contribution >= 4 is 11.6 Å². The van der Waals surface area contributed by atoms with Crippen LogP contribution in [-0.2, 0) is 6.54 Å². The third kappa shape index (κ3) is 4.39. The van der Waals surface area contributed by atoms with Crippen LogP contribution < -0.4 is 4.90 Å². The number of hydrogen-bond donors (Lipinski definition) is 2. The maximum Gasteiger partial charge on any atom is 0.183 e. The Hall–Kier alpha value is -3.17. The summed E-state index contributed by atoms with van der Waals surface area (Å²) in [4.78, 5) is 22.4. The second-order valence-corrected chi connectivity index (χ2v) is 8.16. The van der Waals surface area contributed by atoms with Crippen molar-refractivity contribution in [3.05, 3.63) is 59.2 Å². The number of benzene rings is 1. The van der Waals surface area contributed by atoms with Gasteiger partial charge in [0.1, 0.15) is 11.4 Å². The number of hydrogen-bond acceptors (Lipinski definition) is 7. The molecule has 1 saturated heterocycles. The lowest BCUT2D eigenvalue weighted by Gasteiger charge is -2.36. The SMILES string of the molecule is CC(=O)c1cc(-c2ncc(F)c(N3CCC(O)C(CO)C3)n2)nn1Cc1ccccc1C. The van der Waals surface area contributed by atoms with Gasteiger partial charge in [0.15, 0.2) is 23.2 Å². The number of aryl methyl sites for hydroxylation is 1. The zero-order valence-electron chi connectivity index (χ0n) is 18.1. The Morgan fingerprint density at radius 3 is 2.81 bits per heavy atom. The molecule has 168 valence electrons. The number of aliphatic hydroxyl groups excluding tert-OH is 2. The van der Waals surface area contributed by atoms with E-state index in [9.17, 15) is 19.4 Å². The van der Waals surface area contributed by atoms with Crippen LogP contribution in [0.1, 0.15) is 35.0 Å². The van der Waals surface area contributed by atoms with E-state index in [1.165, 1.54) is 6.92 Å². The molecule has 1 fully saturated rings. The summed E-state index contributed by atoms with van der Waals surface area (Å²) >= 11 is 0. The minimum Gasteiger partial charge on any atom is -0.396 e. The van der Waals surface area contributed by atoms with Crippen molar-refractivity contribution in [1.29, 1.82) is 0 Å². The average molecular weight is 439 g/mol. The number of Topliss-reactive ketones (excluding diaryl/α,β-unsaturated/α-hetero) is 1. The first-order valence-electron chi connectivity index (χ1n) is 10.6. The summed E-state index contributed by atoms with van der Waals surface area (Å²) < 4.78 is 16.2. The molecule has 0 spiro atoms. The lowest BCUT2D eigenvalue weighted by molar-refractivity contribution is 0.0522. The zero-order chi connectivity index (χ0) is 22.8. The van der Waals surface area contributed by atoms with E-state index in [1.54, 1.807) is 15.6 Å². The Balaban J connectivity index is 1.67. The Bertz CT molecular complexity index is 1130. The third-order valence-electron chi connectivity index (χ3n) is 5.90. The second-order valence-electron chi connectivity index (χ2n) is 8.16. The average Bonchev–Trinajstić information content (AvgIpc) is 3.20. The van der Waals surface area contributed by atoms with E-state index in [0.717, 1.165) is 17.3 Å². The number of piperidine rings is 1. The summed E-state index contributed by atoms with van der Waals surface area (Å²) in [5.74, 6) is -0.806. The fourth-order valence-corrected chi connectivity index (χ4v) is 3.97. The van der Waals surface area contributed by atoms with Gasteiger partial charge in [-0.1, -0.05) is 24.3 Å². The Labute approximate surface area is 185 Å². The highest BCUT2D eigenvalue weighted by Gasteiger charge is 2.30. The highest BCUT2D eigenvalue weighted by atomic mass is 19.1. The van der Waals surface area contributed by atoms with Crippen molar-refractivity contribution in [3.63, 3.8) is 0 Å². The number of nitrogens with zero attached hydrogens (tertiary/aromatic N) is 5. The maximum atomic E-state index is 14.6. The van der Waals surface area contributed by atoms with Gasteiger partial charge in [-0.25, -0.2) is 14.4 Å². The molecular weight excluding hydrogens is 413 g/mol. The van der Waals surface area contributed by atoms with Gasteiger partial charge in [-0.2, -0.15) is 5.10 Å². The van der Waals surface area contributed by atoms with Gasteiger partial charge in [-0.3, -0.25) is 9.48 Å². The fraction of sp³-hybridized carbons (Fsp3) is 0.391. The van der Waals surface area contributed by atoms with E-state index in [-0.39, 0.29) is 36.5 Å². The predicted octanol–water partition coefficient (Wildman–Crippen LogP) is 2.22. The molecule has 1 aliphatic rings. The van der Waals surface area contributed by atoms with E-state index in [2.05, 4.69) is 15.1 Å². The topological polar surface area (TPSA) is 104 Å². The van der Waals surface area contributed by atoms with Gasteiger partial charge < -0.3 is 15.1 Å². The molecule has 0 amide bonds. The first-order chi connectivity index (χ1) is 15.4. The van der Waals surface area contributed by atoms with Crippen LogP contribution in [0, 0.1) is 18.7 Å². The largest absolute Gasteiger partial charge is 0.396 e. The van der Waals surface area contributed by atoms with Crippen molar-refractivity contribution in [3.8, 4) is 11.5 Å². The summed E-state index contributed by atoms with van der Waals surface area (Å²) in [7, 11) is 0. The standard InChI is InChI=1S/C23H26FN5O3/c1-14-5-3-4-6-16(14)12-29-20(15(2)31)9-19(27-29)22-25-10-18(24)23(26-22)28-8-7-21(32)17(11-28)13-30/h3-6,9-10,17,21,30,32H,7-8,11-13H2,1-2H3. The monoisotopic (exact) mass is 439 g/mol. The van der Waals surface area contributed by atoms with E-state index in [1.807, 2.05) is 31.2 Å². The number of aromatic nitrogens is 4. The molecule has 0 aliphatic carbocycles. The fourth-order valence-electron chi connectivity index (χ4n) is 3.97. The molecule has 0 bridgehead atoms. The number of halogens is 1. The van der Waals surface area contributed by atoms with Gasteiger partial charge in [-0.15, -0.1) is 0 Å². The van der Waals surface area contributed by atoms with Crippen LogP contribution in [0.4, 0.5) is 10.2 Å². The molecule has 3 aromatic rings. The van der Waals surface area contributed by atoms with Gasteiger partial charge >= 0.3 is 0 Å². The van der Waals surface area contributed by atoms with Gasteiger partial charge in [0, 0.05) is 25.9 Å². The first-order valence-corrected chi connectivity index (χ1v) is 10.6. The minimum absolute atomic E-state index is 0.0955. The molecule has 2 aromatic heterocycles. The summed E-state index contributed by atoms with van der Waals surface area (Å²) in [5, 5.41) is 24.0. The molecular formula is C23H26FN5O3. The minimum atomic E-state index is -0.629. The van der Waals surface area contributed by atoms with Gasteiger partial charge in [0.05, 0.1) is 25.5 Å². The van der Waals surface area contributed by atoms with Gasteiger partial charge in [0.2, 0.25) is 0 Å². The van der Waals surface area contributed by atoms with Crippen molar-refractivity contribution in [2.45, 2.75) is 32.9 Å².